The van der Waals surface area contributed by atoms with Gasteiger partial charge < -0.3 is 10.2 Å². The van der Waals surface area contributed by atoms with Crippen molar-refractivity contribution >= 4 is 5.91 Å². The molecule has 18 heavy (non-hydrogen) atoms. The van der Waals surface area contributed by atoms with Crippen LogP contribution in [0.15, 0.2) is 18.2 Å². The maximum Gasteiger partial charge on any atom is 0.228 e. The zero-order valence-electron chi connectivity index (χ0n) is 10.9. The predicted molar refractivity (Wildman–Crippen MR) is 71.3 cm³/mol. The van der Waals surface area contributed by atoms with Gasteiger partial charge in [0.25, 0.3) is 0 Å². The third-order valence-electron chi connectivity index (χ3n) is 4.09. The molecular formula is C15H20N2O. The second-order valence-electron chi connectivity index (χ2n) is 5.51. The quantitative estimate of drug-likeness (QED) is 0.870. The summed E-state index contributed by atoms with van der Waals surface area (Å²) in [7, 11) is 1.91. The van der Waals surface area contributed by atoms with Gasteiger partial charge in [0.2, 0.25) is 5.91 Å². The van der Waals surface area contributed by atoms with Gasteiger partial charge in [0, 0.05) is 26.7 Å². The van der Waals surface area contributed by atoms with E-state index >= 15 is 0 Å². The van der Waals surface area contributed by atoms with Crippen LogP contribution in [-0.2, 0) is 24.2 Å². The van der Waals surface area contributed by atoms with Crippen LogP contribution >= 0.6 is 0 Å². The first-order valence-corrected chi connectivity index (χ1v) is 6.80. The van der Waals surface area contributed by atoms with E-state index in [2.05, 4.69) is 23.5 Å². The van der Waals surface area contributed by atoms with Gasteiger partial charge in [-0.25, -0.2) is 0 Å². The summed E-state index contributed by atoms with van der Waals surface area (Å²) in [5, 5.41) is 3.15. The van der Waals surface area contributed by atoms with E-state index in [1.165, 1.54) is 36.0 Å². The fraction of sp³-hybridized carbons (Fsp3) is 0.533. The van der Waals surface area contributed by atoms with Gasteiger partial charge in [-0.05, 0) is 36.0 Å². The van der Waals surface area contributed by atoms with Crippen LogP contribution in [0, 0.1) is 5.92 Å². The smallest absolute Gasteiger partial charge is 0.228 e. The molecule has 0 saturated carbocycles. The number of nitrogens with zero attached hydrogens (tertiary/aromatic N) is 1. The fourth-order valence-corrected chi connectivity index (χ4v) is 2.85. The van der Waals surface area contributed by atoms with E-state index in [1.54, 1.807) is 0 Å². The molecule has 3 rings (SSSR count). The topological polar surface area (TPSA) is 32.3 Å². The van der Waals surface area contributed by atoms with Crippen LogP contribution < -0.4 is 5.32 Å². The lowest BCUT2D eigenvalue weighted by Crippen LogP contribution is -2.50. The molecule has 1 aromatic rings. The van der Waals surface area contributed by atoms with E-state index in [1.807, 2.05) is 11.9 Å². The molecule has 2 aliphatic rings. The predicted octanol–water partition coefficient (Wildman–Crippen LogP) is 1.35. The molecule has 1 N–H and O–H groups in total. The standard InChI is InChI=1S/C15H20N2O/c1-17(15(18)14-8-16-9-14)10-11-5-6-12-3-2-4-13(12)7-11/h5-7,14,16H,2-4,8-10H2,1H3. The third-order valence-corrected chi connectivity index (χ3v) is 4.09. The Morgan fingerprint density at radius 2 is 2.11 bits per heavy atom. The monoisotopic (exact) mass is 244 g/mol. The number of fused-ring (bicyclic) bond motifs is 1. The number of carbonyl (C=O) groups excluding carboxylic acids is 1. The van der Waals surface area contributed by atoms with E-state index in [4.69, 9.17) is 0 Å². The molecule has 0 unspecified atom stereocenters. The van der Waals surface area contributed by atoms with Crippen molar-refractivity contribution in [1.29, 1.82) is 0 Å². The summed E-state index contributed by atoms with van der Waals surface area (Å²) in [5.41, 5.74) is 4.24. The Morgan fingerprint density at radius 1 is 1.33 bits per heavy atom. The first-order valence-electron chi connectivity index (χ1n) is 6.80. The number of hydrogen-bond donors (Lipinski definition) is 1. The minimum absolute atomic E-state index is 0.199. The van der Waals surface area contributed by atoms with Crippen LogP contribution in [0.5, 0.6) is 0 Å². The fourth-order valence-electron chi connectivity index (χ4n) is 2.85. The van der Waals surface area contributed by atoms with Crippen molar-refractivity contribution in [2.45, 2.75) is 25.8 Å². The summed E-state index contributed by atoms with van der Waals surface area (Å²) < 4.78 is 0. The third kappa shape index (κ3) is 2.15. The summed E-state index contributed by atoms with van der Waals surface area (Å²) in [5.74, 6) is 0.471. The normalized spacial score (nSPS) is 18.3. The lowest BCUT2D eigenvalue weighted by molar-refractivity contribution is -0.136. The highest BCUT2D eigenvalue weighted by Crippen LogP contribution is 2.23. The van der Waals surface area contributed by atoms with Gasteiger partial charge in [0.05, 0.1) is 5.92 Å². The number of aryl methyl sites for hydroxylation is 2. The molecule has 96 valence electrons. The lowest BCUT2D eigenvalue weighted by atomic mass is 10.0. The molecule has 3 heteroatoms. The molecule has 1 saturated heterocycles. The molecule has 1 heterocycles. The van der Waals surface area contributed by atoms with Crippen LogP contribution in [0.1, 0.15) is 23.1 Å². The van der Waals surface area contributed by atoms with Crippen LogP contribution in [0.4, 0.5) is 0 Å². The average molecular weight is 244 g/mol. The van der Waals surface area contributed by atoms with Crippen molar-refractivity contribution in [2.75, 3.05) is 20.1 Å². The van der Waals surface area contributed by atoms with Crippen molar-refractivity contribution in [3.05, 3.63) is 34.9 Å². The Morgan fingerprint density at radius 3 is 2.83 bits per heavy atom. The van der Waals surface area contributed by atoms with Crippen molar-refractivity contribution in [1.82, 2.24) is 10.2 Å². The van der Waals surface area contributed by atoms with Crippen LogP contribution in [0.25, 0.3) is 0 Å². The number of nitrogens with one attached hydrogen (secondary N) is 1. The minimum Gasteiger partial charge on any atom is -0.341 e. The highest BCUT2D eigenvalue weighted by molar-refractivity contribution is 5.79. The van der Waals surface area contributed by atoms with Crippen molar-refractivity contribution < 1.29 is 4.79 Å². The number of amides is 1. The maximum atomic E-state index is 12.0. The molecule has 1 fully saturated rings. The van der Waals surface area contributed by atoms with Crippen molar-refractivity contribution in [3.8, 4) is 0 Å². The Kier molecular flexibility index (Phi) is 3.08. The maximum absolute atomic E-state index is 12.0. The highest BCUT2D eigenvalue weighted by Gasteiger charge is 2.27. The molecule has 1 aliphatic heterocycles. The van der Waals surface area contributed by atoms with Gasteiger partial charge in [-0.1, -0.05) is 18.2 Å². The summed E-state index contributed by atoms with van der Waals surface area (Å²) in [6.45, 7) is 2.42. The number of rotatable bonds is 3. The Hall–Kier alpha value is -1.35. The van der Waals surface area contributed by atoms with Crippen LogP contribution in [0.2, 0.25) is 0 Å². The van der Waals surface area contributed by atoms with Crippen molar-refractivity contribution in [3.63, 3.8) is 0 Å². The Labute approximate surface area is 108 Å². The van der Waals surface area contributed by atoms with E-state index in [-0.39, 0.29) is 11.8 Å². The zero-order valence-corrected chi connectivity index (χ0v) is 10.9. The summed E-state index contributed by atoms with van der Waals surface area (Å²) >= 11 is 0. The van der Waals surface area contributed by atoms with Gasteiger partial charge in [0.15, 0.2) is 0 Å². The van der Waals surface area contributed by atoms with Gasteiger partial charge >= 0.3 is 0 Å². The van der Waals surface area contributed by atoms with Crippen molar-refractivity contribution in [2.24, 2.45) is 5.92 Å². The van der Waals surface area contributed by atoms with Gasteiger partial charge in [-0.2, -0.15) is 0 Å². The molecule has 0 bridgehead atoms. The summed E-state index contributed by atoms with van der Waals surface area (Å²) in [6.07, 6.45) is 3.70. The molecule has 0 radical (unpaired) electrons. The molecule has 0 aromatic heterocycles. The molecule has 0 atom stereocenters. The Balaban J connectivity index is 1.66. The summed E-state index contributed by atoms with van der Waals surface area (Å²) in [4.78, 5) is 13.9. The van der Waals surface area contributed by atoms with E-state index in [0.717, 1.165) is 19.6 Å². The first-order chi connectivity index (χ1) is 8.74. The number of benzene rings is 1. The molecular weight excluding hydrogens is 224 g/mol. The molecule has 3 nitrogen and oxygen atoms in total. The molecule has 1 aliphatic carbocycles. The minimum atomic E-state index is 0.199. The Bertz CT molecular complexity index is 466. The number of hydrogen-bond acceptors (Lipinski definition) is 2. The molecule has 1 aromatic carbocycles. The van der Waals surface area contributed by atoms with E-state index in [9.17, 15) is 4.79 Å². The SMILES string of the molecule is CN(Cc1ccc2c(c1)CCC2)C(=O)C1CNC1. The largest absolute Gasteiger partial charge is 0.341 e. The lowest BCUT2D eigenvalue weighted by Gasteiger charge is -2.30. The van der Waals surface area contributed by atoms with E-state index < -0.39 is 0 Å². The molecule has 0 spiro atoms. The second-order valence-corrected chi connectivity index (χ2v) is 5.51. The van der Waals surface area contributed by atoms with Gasteiger partial charge in [0.1, 0.15) is 0 Å². The first kappa shape index (κ1) is 11.7. The zero-order chi connectivity index (χ0) is 12.5. The van der Waals surface area contributed by atoms with E-state index in [0.29, 0.717) is 0 Å². The second kappa shape index (κ2) is 4.73. The summed E-state index contributed by atoms with van der Waals surface area (Å²) in [6, 6.07) is 6.69. The highest BCUT2D eigenvalue weighted by atomic mass is 16.2. The van der Waals surface area contributed by atoms with Gasteiger partial charge in [-0.15, -0.1) is 0 Å². The average Bonchev–Trinajstić information content (AvgIpc) is 2.73. The van der Waals surface area contributed by atoms with Crippen LogP contribution in [-0.4, -0.2) is 30.9 Å². The number of carbonyl (C=O) groups is 1. The molecule has 1 amide bonds. The van der Waals surface area contributed by atoms with Gasteiger partial charge in [-0.3, -0.25) is 4.79 Å². The van der Waals surface area contributed by atoms with Crippen LogP contribution in [0.3, 0.4) is 0 Å².